The molecule has 0 spiro atoms. The SMILES string of the molecule is CC(C)(CNCc1ccco1)C1CCCNC1. The third kappa shape index (κ3) is 3.58. The van der Waals surface area contributed by atoms with Crippen LogP contribution in [-0.4, -0.2) is 19.6 Å². The highest BCUT2D eigenvalue weighted by atomic mass is 16.3. The zero-order valence-corrected chi connectivity index (χ0v) is 11.0. The lowest BCUT2D eigenvalue weighted by Gasteiger charge is -2.37. The molecule has 3 nitrogen and oxygen atoms in total. The van der Waals surface area contributed by atoms with E-state index < -0.39 is 0 Å². The first-order valence-corrected chi connectivity index (χ1v) is 6.62. The van der Waals surface area contributed by atoms with E-state index in [1.54, 1.807) is 6.26 Å². The topological polar surface area (TPSA) is 37.2 Å². The summed E-state index contributed by atoms with van der Waals surface area (Å²) in [6.07, 6.45) is 4.39. The molecule has 0 aliphatic carbocycles. The Morgan fingerprint density at radius 3 is 3.06 bits per heavy atom. The second kappa shape index (κ2) is 5.69. The quantitative estimate of drug-likeness (QED) is 0.824. The standard InChI is InChI=1S/C14H24N2O/c1-14(2,12-5-3-7-15-9-12)11-16-10-13-6-4-8-17-13/h4,6,8,12,15-16H,3,5,7,9-11H2,1-2H3. The maximum Gasteiger partial charge on any atom is 0.117 e. The second-order valence-electron chi connectivity index (χ2n) is 5.71. The molecular weight excluding hydrogens is 212 g/mol. The summed E-state index contributed by atoms with van der Waals surface area (Å²) in [6.45, 7) is 8.94. The molecule has 1 aromatic heterocycles. The van der Waals surface area contributed by atoms with Gasteiger partial charge in [-0.2, -0.15) is 0 Å². The Hall–Kier alpha value is -0.800. The molecule has 1 aliphatic heterocycles. The van der Waals surface area contributed by atoms with Crippen LogP contribution in [0.1, 0.15) is 32.4 Å². The van der Waals surface area contributed by atoms with Crippen LogP contribution in [-0.2, 0) is 6.54 Å². The fraction of sp³-hybridized carbons (Fsp3) is 0.714. The lowest BCUT2D eigenvalue weighted by Crippen LogP contribution is -2.43. The first kappa shape index (κ1) is 12.7. The lowest BCUT2D eigenvalue weighted by atomic mass is 9.75. The summed E-state index contributed by atoms with van der Waals surface area (Å²) in [7, 11) is 0. The molecule has 3 heteroatoms. The molecule has 2 rings (SSSR count). The smallest absolute Gasteiger partial charge is 0.117 e. The number of nitrogens with one attached hydrogen (secondary N) is 2. The van der Waals surface area contributed by atoms with Gasteiger partial charge in [-0.05, 0) is 49.4 Å². The molecule has 1 unspecified atom stereocenters. The van der Waals surface area contributed by atoms with Crippen LogP contribution < -0.4 is 10.6 Å². The van der Waals surface area contributed by atoms with Gasteiger partial charge in [-0.3, -0.25) is 0 Å². The third-order valence-electron chi connectivity index (χ3n) is 3.86. The predicted molar refractivity (Wildman–Crippen MR) is 69.8 cm³/mol. The Balaban J connectivity index is 1.76. The summed E-state index contributed by atoms with van der Waals surface area (Å²) in [5.41, 5.74) is 0.347. The molecule has 17 heavy (non-hydrogen) atoms. The van der Waals surface area contributed by atoms with Crippen LogP contribution in [0.5, 0.6) is 0 Å². The highest BCUT2D eigenvalue weighted by Crippen LogP contribution is 2.30. The van der Waals surface area contributed by atoms with Gasteiger partial charge in [-0.25, -0.2) is 0 Å². The monoisotopic (exact) mass is 236 g/mol. The van der Waals surface area contributed by atoms with Crippen molar-refractivity contribution in [2.75, 3.05) is 19.6 Å². The van der Waals surface area contributed by atoms with E-state index in [-0.39, 0.29) is 0 Å². The number of piperidine rings is 1. The molecule has 1 fully saturated rings. The van der Waals surface area contributed by atoms with Gasteiger partial charge in [0.05, 0.1) is 12.8 Å². The average Bonchev–Trinajstić information content (AvgIpc) is 2.83. The van der Waals surface area contributed by atoms with Gasteiger partial charge in [-0.15, -0.1) is 0 Å². The largest absolute Gasteiger partial charge is 0.468 e. The Kier molecular flexibility index (Phi) is 4.24. The van der Waals surface area contributed by atoms with Crippen LogP contribution in [0.15, 0.2) is 22.8 Å². The summed E-state index contributed by atoms with van der Waals surface area (Å²) in [5, 5.41) is 7.00. The van der Waals surface area contributed by atoms with Crippen molar-refractivity contribution in [1.82, 2.24) is 10.6 Å². The molecule has 96 valence electrons. The number of hydrogen-bond donors (Lipinski definition) is 2. The van der Waals surface area contributed by atoms with Crippen molar-refractivity contribution in [3.8, 4) is 0 Å². The molecule has 0 amide bonds. The van der Waals surface area contributed by atoms with Crippen molar-refractivity contribution < 1.29 is 4.42 Å². The fourth-order valence-electron chi connectivity index (χ4n) is 2.58. The van der Waals surface area contributed by atoms with Gasteiger partial charge in [0.25, 0.3) is 0 Å². The van der Waals surface area contributed by atoms with E-state index in [4.69, 9.17) is 4.42 Å². The lowest BCUT2D eigenvalue weighted by molar-refractivity contribution is 0.165. The second-order valence-corrected chi connectivity index (χ2v) is 5.71. The molecule has 1 aliphatic rings. The van der Waals surface area contributed by atoms with E-state index in [0.717, 1.165) is 31.3 Å². The Morgan fingerprint density at radius 1 is 1.53 bits per heavy atom. The normalized spacial score (nSPS) is 21.6. The average molecular weight is 236 g/mol. The third-order valence-corrected chi connectivity index (χ3v) is 3.86. The maximum absolute atomic E-state index is 5.32. The number of rotatable bonds is 5. The number of furan rings is 1. The predicted octanol–water partition coefficient (Wildman–Crippen LogP) is 2.40. The summed E-state index contributed by atoms with van der Waals surface area (Å²) >= 11 is 0. The van der Waals surface area contributed by atoms with Gasteiger partial charge in [-0.1, -0.05) is 13.8 Å². The van der Waals surface area contributed by atoms with Gasteiger partial charge in [0.1, 0.15) is 5.76 Å². The molecule has 0 saturated carbocycles. The van der Waals surface area contributed by atoms with Crippen molar-refractivity contribution >= 4 is 0 Å². The van der Waals surface area contributed by atoms with Crippen LogP contribution in [0.3, 0.4) is 0 Å². The Labute approximate surface area is 104 Å². The summed E-state index contributed by atoms with van der Waals surface area (Å²) in [5.74, 6) is 1.79. The first-order valence-electron chi connectivity index (χ1n) is 6.62. The van der Waals surface area contributed by atoms with E-state index in [1.165, 1.54) is 19.4 Å². The van der Waals surface area contributed by atoms with Crippen molar-refractivity contribution in [3.05, 3.63) is 24.2 Å². The zero-order chi connectivity index (χ0) is 12.1. The van der Waals surface area contributed by atoms with Gasteiger partial charge >= 0.3 is 0 Å². The van der Waals surface area contributed by atoms with Crippen molar-refractivity contribution in [3.63, 3.8) is 0 Å². The van der Waals surface area contributed by atoms with Crippen LogP contribution in [0.25, 0.3) is 0 Å². The minimum Gasteiger partial charge on any atom is -0.468 e. The van der Waals surface area contributed by atoms with Gasteiger partial charge < -0.3 is 15.1 Å². The fourth-order valence-corrected chi connectivity index (χ4v) is 2.58. The van der Waals surface area contributed by atoms with Crippen LogP contribution in [0.2, 0.25) is 0 Å². The van der Waals surface area contributed by atoms with Crippen molar-refractivity contribution in [2.45, 2.75) is 33.2 Å². The molecule has 2 heterocycles. The Morgan fingerprint density at radius 2 is 2.41 bits per heavy atom. The maximum atomic E-state index is 5.32. The van der Waals surface area contributed by atoms with Gasteiger partial charge in [0.2, 0.25) is 0 Å². The molecule has 0 bridgehead atoms. The van der Waals surface area contributed by atoms with E-state index in [0.29, 0.717) is 5.41 Å². The van der Waals surface area contributed by atoms with Crippen molar-refractivity contribution in [1.29, 1.82) is 0 Å². The molecule has 1 atom stereocenters. The van der Waals surface area contributed by atoms with E-state index >= 15 is 0 Å². The van der Waals surface area contributed by atoms with E-state index in [1.807, 2.05) is 12.1 Å². The zero-order valence-electron chi connectivity index (χ0n) is 11.0. The minimum absolute atomic E-state index is 0.347. The highest BCUT2D eigenvalue weighted by Gasteiger charge is 2.30. The van der Waals surface area contributed by atoms with E-state index in [2.05, 4.69) is 24.5 Å². The molecule has 0 radical (unpaired) electrons. The highest BCUT2D eigenvalue weighted by molar-refractivity contribution is 4.97. The first-order chi connectivity index (χ1) is 8.18. The molecule has 2 N–H and O–H groups in total. The van der Waals surface area contributed by atoms with Crippen LogP contribution in [0.4, 0.5) is 0 Å². The minimum atomic E-state index is 0.347. The molecule has 1 saturated heterocycles. The summed E-state index contributed by atoms with van der Waals surface area (Å²) in [6, 6.07) is 3.95. The van der Waals surface area contributed by atoms with Crippen LogP contribution >= 0.6 is 0 Å². The van der Waals surface area contributed by atoms with Crippen LogP contribution in [0, 0.1) is 11.3 Å². The van der Waals surface area contributed by atoms with Gasteiger partial charge in [0, 0.05) is 6.54 Å². The molecular formula is C14H24N2O. The summed E-state index contributed by atoms with van der Waals surface area (Å²) < 4.78 is 5.32. The van der Waals surface area contributed by atoms with Gasteiger partial charge in [0.15, 0.2) is 0 Å². The molecule has 0 aromatic carbocycles. The van der Waals surface area contributed by atoms with Crippen molar-refractivity contribution in [2.24, 2.45) is 11.3 Å². The summed E-state index contributed by atoms with van der Waals surface area (Å²) in [4.78, 5) is 0. The number of hydrogen-bond acceptors (Lipinski definition) is 3. The molecule has 1 aromatic rings. The van der Waals surface area contributed by atoms with E-state index in [9.17, 15) is 0 Å². The Bertz CT molecular complexity index is 313.